The van der Waals surface area contributed by atoms with Gasteiger partial charge in [-0.25, -0.2) is 9.18 Å². The predicted molar refractivity (Wildman–Crippen MR) is 87.0 cm³/mol. The summed E-state index contributed by atoms with van der Waals surface area (Å²) in [6, 6.07) is 8.84. The molecule has 2 amide bonds. The maximum Gasteiger partial charge on any atom is 0.410 e. The summed E-state index contributed by atoms with van der Waals surface area (Å²) in [5.41, 5.74) is 0.590. The van der Waals surface area contributed by atoms with Gasteiger partial charge in [0.15, 0.2) is 0 Å². The van der Waals surface area contributed by atoms with Crippen LogP contribution >= 0.6 is 0 Å². The molecule has 2 aliphatic rings. The molecule has 6 heteroatoms. The van der Waals surface area contributed by atoms with Gasteiger partial charge in [-0.15, -0.1) is 0 Å². The highest BCUT2D eigenvalue weighted by Gasteiger charge is 2.49. The van der Waals surface area contributed by atoms with Crippen LogP contribution < -0.4 is 0 Å². The number of nitrogens with zero attached hydrogens (tertiary/aromatic N) is 2. The van der Waals surface area contributed by atoms with Crippen LogP contribution in [0.4, 0.5) is 9.18 Å². The summed E-state index contributed by atoms with van der Waals surface area (Å²) in [6.07, 6.45) is 1.27. The van der Waals surface area contributed by atoms with Gasteiger partial charge in [0.1, 0.15) is 13.3 Å². The third kappa shape index (κ3) is 3.52. The average molecular weight is 334 g/mol. The zero-order valence-corrected chi connectivity index (χ0v) is 13.9. The number of halogens is 1. The molecule has 1 saturated heterocycles. The Morgan fingerprint density at radius 2 is 1.96 bits per heavy atom. The fourth-order valence-corrected chi connectivity index (χ4v) is 2.98. The summed E-state index contributed by atoms with van der Waals surface area (Å²) in [4.78, 5) is 27.8. The highest BCUT2D eigenvalue weighted by Crippen LogP contribution is 2.47. The molecular weight excluding hydrogens is 311 g/mol. The van der Waals surface area contributed by atoms with Crippen LogP contribution in [0, 0.1) is 5.41 Å². The molecule has 0 N–H and O–H groups in total. The number of ether oxygens (including phenoxy) is 1. The summed E-state index contributed by atoms with van der Waals surface area (Å²) < 4.78 is 18.7. The lowest BCUT2D eigenvalue weighted by atomic mass is 10.1. The topological polar surface area (TPSA) is 49.9 Å². The van der Waals surface area contributed by atoms with E-state index in [4.69, 9.17) is 4.74 Å². The van der Waals surface area contributed by atoms with E-state index in [2.05, 4.69) is 0 Å². The van der Waals surface area contributed by atoms with Crippen molar-refractivity contribution in [2.75, 3.05) is 26.3 Å². The van der Waals surface area contributed by atoms with Gasteiger partial charge in [-0.2, -0.15) is 0 Å². The number of alkyl halides is 1. The van der Waals surface area contributed by atoms with Gasteiger partial charge in [-0.3, -0.25) is 4.79 Å². The molecule has 5 nitrogen and oxygen atoms in total. The quantitative estimate of drug-likeness (QED) is 0.850. The van der Waals surface area contributed by atoms with E-state index < -0.39 is 18.8 Å². The Balaban J connectivity index is 1.55. The molecule has 1 saturated carbocycles. The van der Waals surface area contributed by atoms with Crippen molar-refractivity contribution in [1.29, 1.82) is 0 Å². The largest absolute Gasteiger partial charge is 0.445 e. The van der Waals surface area contributed by atoms with Gasteiger partial charge in [-0.1, -0.05) is 37.3 Å². The third-order valence-corrected chi connectivity index (χ3v) is 4.90. The molecular formula is C18H23FN2O3. The smallest absolute Gasteiger partial charge is 0.410 e. The lowest BCUT2D eigenvalue weighted by Gasteiger charge is -2.40. The molecule has 24 heavy (non-hydrogen) atoms. The highest BCUT2D eigenvalue weighted by molar-refractivity contribution is 5.85. The number of amides is 2. The van der Waals surface area contributed by atoms with Gasteiger partial charge in [0, 0.05) is 25.0 Å². The van der Waals surface area contributed by atoms with Crippen molar-refractivity contribution < 1.29 is 18.7 Å². The molecule has 0 spiro atoms. The Bertz CT molecular complexity index is 604. The average Bonchev–Trinajstić information content (AvgIpc) is 3.38. The van der Waals surface area contributed by atoms with Crippen molar-refractivity contribution in [3.63, 3.8) is 0 Å². The fraction of sp³-hybridized carbons (Fsp3) is 0.556. The lowest BCUT2D eigenvalue weighted by molar-refractivity contribution is -0.141. The molecule has 1 heterocycles. The summed E-state index contributed by atoms with van der Waals surface area (Å²) in [5.74, 6) is 0.0162. The molecule has 1 unspecified atom stereocenters. The van der Waals surface area contributed by atoms with Crippen molar-refractivity contribution in [2.45, 2.75) is 32.4 Å². The van der Waals surface area contributed by atoms with Gasteiger partial charge in [-0.05, 0) is 18.4 Å². The van der Waals surface area contributed by atoms with Crippen molar-refractivity contribution in [2.24, 2.45) is 5.41 Å². The van der Waals surface area contributed by atoms with Gasteiger partial charge in [0.05, 0.1) is 6.04 Å². The normalized spacial score (nSPS) is 22.2. The van der Waals surface area contributed by atoms with Crippen molar-refractivity contribution in [1.82, 2.24) is 9.80 Å². The minimum Gasteiger partial charge on any atom is -0.445 e. The molecule has 1 atom stereocenters. The number of piperazine rings is 1. The number of carbonyl (C=O) groups excluding carboxylic acids is 2. The van der Waals surface area contributed by atoms with Crippen LogP contribution in [0.5, 0.6) is 0 Å². The number of hydrogen-bond donors (Lipinski definition) is 0. The van der Waals surface area contributed by atoms with E-state index in [-0.39, 0.29) is 24.5 Å². The number of benzene rings is 1. The van der Waals surface area contributed by atoms with Gasteiger partial charge in [0.25, 0.3) is 0 Å². The first-order chi connectivity index (χ1) is 11.5. The van der Waals surface area contributed by atoms with Crippen molar-refractivity contribution in [3.8, 4) is 0 Å². The standard InChI is InChI=1S/C18H23FN2O3/c1-18(7-8-18)16(22)21-10-9-20(12-15(21)11-19)17(23)24-13-14-5-3-2-4-6-14/h2-6,15H,7-13H2,1H3. The minimum absolute atomic E-state index is 0.0162. The lowest BCUT2D eigenvalue weighted by Crippen LogP contribution is -2.58. The Hall–Kier alpha value is -2.11. The Morgan fingerprint density at radius 3 is 2.58 bits per heavy atom. The second kappa shape index (κ2) is 6.79. The molecule has 1 aromatic carbocycles. The van der Waals surface area contributed by atoms with E-state index in [1.165, 1.54) is 4.90 Å². The summed E-state index contributed by atoms with van der Waals surface area (Å²) in [5, 5.41) is 0. The van der Waals surface area contributed by atoms with E-state index in [1.807, 2.05) is 37.3 Å². The molecule has 1 aliphatic heterocycles. The maximum absolute atomic E-state index is 13.4. The number of rotatable bonds is 4. The zero-order valence-electron chi connectivity index (χ0n) is 13.9. The molecule has 0 radical (unpaired) electrons. The van der Waals surface area contributed by atoms with Gasteiger partial charge < -0.3 is 14.5 Å². The van der Waals surface area contributed by atoms with E-state index in [0.717, 1.165) is 18.4 Å². The van der Waals surface area contributed by atoms with Gasteiger partial charge in [0.2, 0.25) is 5.91 Å². The molecule has 2 fully saturated rings. The minimum atomic E-state index is -0.649. The van der Waals surface area contributed by atoms with Crippen LogP contribution in [0.1, 0.15) is 25.3 Å². The SMILES string of the molecule is CC1(C(=O)N2CCN(C(=O)OCc3ccccc3)CC2CF)CC1. The van der Waals surface area contributed by atoms with Crippen molar-refractivity contribution >= 4 is 12.0 Å². The number of hydrogen-bond acceptors (Lipinski definition) is 3. The Morgan fingerprint density at radius 1 is 1.25 bits per heavy atom. The zero-order chi connectivity index (χ0) is 17.2. The second-order valence-electron chi connectivity index (χ2n) is 6.85. The van der Waals surface area contributed by atoms with E-state index >= 15 is 0 Å². The Kier molecular flexibility index (Phi) is 4.73. The molecule has 1 aliphatic carbocycles. The molecule has 1 aromatic rings. The maximum atomic E-state index is 13.4. The van der Waals surface area contributed by atoms with Crippen molar-refractivity contribution in [3.05, 3.63) is 35.9 Å². The third-order valence-electron chi connectivity index (χ3n) is 4.90. The first kappa shape index (κ1) is 16.7. The number of carbonyl (C=O) groups is 2. The van der Waals surface area contributed by atoms with Crippen LogP contribution in [0.15, 0.2) is 30.3 Å². The van der Waals surface area contributed by atoms with Crippen LogP contribution in [-0.2, 0) is 16.1 Å². The van der Waals surface area contributed by atoms with E-state index in [0.29, 0.717) is 13.1 Å². The molecule has 130 valence electrons. The van der Waals surface area contributed by atoms with Crippen LogP contribution in [0.3, 0.4) is 0 Å². The first-order valence-corrected chi connectivity index (χ1v) is 8.36. The highest BCUT2D eigenvalue weighted by atomic mass is 19.1. The van der Waals surface area contributed by atoms with E-state index in [9.17, 15) is 14.0 Å². The molecule has 0 bridgehead atoms. The summed E-state index contributed by atoms with van der Waals surface area (Å²) in [7, 11) is 0. The van der Waals surface area contributed by atoms with E-state index in [1.54, 1.807) is 4.90 Å². The predicted octanol–water partition coefficient (Wildman–Crippen LogP) is 2.61. The molecule has 3 rings (SSSR count). The second-order valence-corrected chi connectivity index (χ2v) is 6.85. The van der Waals surface area contributed by atoms with Crippen LogP contribution in [-0.4, -0.2) is 54.2 Å². The van der Waals surface area contributed by atoms with Crippen LogP contribution in [0.2, 0.25) is 0 Å². The first-order valence-electron chi connectivity index (χ1n) is 8.36. The van der Waals surface area contributed by atoms with Gasteiger partial charge >= 0.3 is 6.09 Å². The fourth-order valence-electron chi connectivity index (χ4n) is 2.98. The summed E-state index contributed by atoms with van der Waals surface area (Å²) in [6.45, 7) is 2.40. The Labute approximate surface area is 141 Å². The van der Waals surface area contributed by atoms with Crippen LogP contribution in [0.25, 0.3) is 0 Å². The molecule has 0 aromatic heterocycles. The summed E-state index contributed by atoms with van der Waals surface area (Å²) >= 11 is 0. The monoisotopic (exact) mass is 334 g/mol.